The first kappa shape index (κ1) is 18.6. The third-order valence-corrected chi connectivity index (χ3v) is 4.28. The van der Waals surface area contributed by atoms with Crippen LogP contribution in [0.2, 0.25) is 0 Å². The molecule has 0 saturated carbocycles. The quantitative estimate of drug-likeness (QED) is 0.913. The lowest BCUT2D eigenvalue weighted by Gasteiger charge is -2.36. The van der Waals surface area contributed by atoms with Gasteiger partial charge in [-0.1, -0.05) is 13.0 Å². The molecule has 1 aliphatic heterocycles. The van der Waals surface area contributed by atoms with Gasteiger partial charge in [-0.25, -0.2) is 4.79 Å². The number of hydrogen-bond donors (Lipinski definition) is 1. The van der Waals surface area contributed by atoms with E-state index in [4.69, 9.17) is 9.47 Å². The number of amides is 1. The maximum absolute atomic E-state index is 12.5. The van der Waals surface area contributed by atoms with Gasteiger partial charge in [0.05, 0.1) is 13.2 Å². The standard InChI is InChI=1S/C19H30N2O3/c1-7-20-12-15-10-14-8-9-21(18(22)24-19(3,4)5)13(2)16(14)11-17(15)23-6/h10-11,13,20H,7-9,12H2,1-6H3. The van der Waals surface area contributed by atoms with Crippen molar-refractivity contribution in [3.8, 4) is 5.75 Å². The number of hydrogen-bond acceptors (Lipinski definition) is 4. The number of carbonyl (C=O) groups excluding carboxylic acids is 1. The Morgan fingerprint density at radius 3 is 2.67 bits per heavy atom. The summed E-state index contributed by atoms with van der Waals surface area (Å²) in [6.45, 7) is 12.2. The normalized spacial score (nSPS) is 17.4. The molecule has 1 aromatic carbocycles. The van der Waals surface area contributed by atoms with Crippen LogP contribution in [0.15, 0.2) is 12.1 Å². The molecule has 5 nitrogen and oxygen atoms in total. The molecule has 0 saturated heterocycles. The van der Waals surface area contributed by atoms with Gasteiger partial charge in [0.15, 0.2) is 0 Å². The van der Waals surface area contributed by atoms with Gasteiger partial charge in [-0.2, -0.15) is 0 Å². The monoisotopic (exact) mass is 334 g/mol. The summed E-state index contributed by atoms with van der Waals surface area (Å²) in [5.41, 5.74) is 3.11. The number of rotatable bonds is 4. The van der Waals surface area contributed by atoms with Crippen LogP contribution in [0.4, 0.5) is 4.79 Å². The summed E-state index contributed by atoms with van der Waals surface area (Å²) in [6, 6.07) is 4.26. The highest BCUT2D eigenvalue weighted by molar-refractivity contribution is 5.69. The summed E-state index contributed by atoms with van der Waals surface area (Å²) in [5.74, 6) is 0.868. The van der Waals surface area contributed by atoms with E-state index < -0.39 is 5.60 Å². The lowest BCUT2D eigenvalue weighted by Crippen LogP contribution is -2.42. The fraction of sp³-hybridized carbons (Fsp3) is 0.632. The average molecular weight is 334 g/mol. The van der Waals surface area contributed by atoms with Gasteiger partial charge in [-0.15, -0.1) is 0 Å². The van der Waals surface area contributed by atoms with Crippen molar-refractivity contribution in [2.75, 3.05) is 20.2 Å². The number of benzene rings is 1. The predicted molar refractivity (Wildman–Crippen MR) is 95.4 cm³/mol. The van der Waals surface area contributed by atoms with Crippen molar-refractivity contribution in [1.29, 1.82) is 0 Å². The second-order valence-corrected chi connectivity index (χ2v) is 7.24. The Bertz CT molecular complexity index is 593. The van der Waals surface area contributed by atoms with Crippen LogP contribution in [-0.2, 0) is 17.7 Å². The number of ether oxygens (including phenoxy) is 2. The van der Waals surface area contributed by atoms with Gasteiger partial charge in [-0.3, -0.25) is 0 Å². The third kappa shape index (κ3) is 4.20. The highest BCUT2D eigenvalue weighted by atomic mass is 16.6. The Labute approximate surface area is 145 Å². The van der Waals surface area contributed by atoms with Crippen molar-refractivity contribution in [2.24, 2.45) is 0 Å². The molecular weight excluding hydrogens is 304 g/mol. The van der Waals surface area contributed by atoms with E-state index in [1.54, 1.807) is 12.0 Å². The van der Waals surface area contributed by atoms with Gasteiger partial charge >= 0.3 is 6.09 Å². The van der Waals surface area contributed by atoms with Gasteiger partial charge in [0.2, 0.25) is 0 Å². The molecule has 134 valence electrons. The summed E-state index contributed by atoms with van der Waals surface area (Å²) in [5, 5.41) is 3.35. The lowest BCUT2D eigenvalue weighted by molar-refractivity contribution is 0.0159. The molecule has 1 aromatic rings. The molecule has 0 aliphatic carbocycles. The number of nitrogens with one attached hydrogen (secondary N) is 1. The van der Waals surface area contributed by atoms with Crippen molar-refractivity contribution in [3.05, 3.63) is 28.8 Å². The second kappa shape index (κ2) is 7.43. The fourth-order valence-electron chi connectivity index (χ4n) is 3.06. The molecule has 2 rings (SSSR count). The maximum Gasteiger partial charge on any atom is 0.410 e. The predicted octanol–water partition coefficient (Wildman–Crippen LogP) is 3.66. The van der Waals surface area contributed by atoms with E-state index in [1.807, 2.05) is 27.7 Å². The first-order valence-electron chi connectivity index (χ1n) is 8.66. The molecule has 0 fully saturated rings. The Kier molecular flexibility index (Phi) is 5.75. The van der Waals surface area contributed by atoms with Gasteiger partial charge < -0.3 is 19.7 Å². The smallest absolute Gasteiger partial charge is 0.410 e. The van der Waals surface area contributed by atoms with E-state index >= 15 is 0 Å². The Balaban J connectivity index is 2.26. The summed E-state index contributed by atoms with van der Waals surface area (Å²) in [7, 11) is 1.69. The summed E-state index contributed by atoms with van der Waals surface area (Å²) in [4.78, 5) is 14.3. The Hall–Kier alpha value is -1.75. The lowest BCUT2D eigenvalue weighted by atomic mass is 9.91. The molecule has 0 spiro atoms. The molecule has 1 N–H and O–H groups in total. The first-order valence-corrected chi connectivity index (χ1v) is 8.66. The summed E-state index contributed by atoms with van der Waals surface area (Å²) >= 11 is 0. The van der Waals surface area contributed by atoms with Crippen LogP contribution in [-0.4, -0.2) is 36.8 Å². The zero-order chi connectivity index (χ0) is 17.9. The molecule has 0 radical (unpaired) electrons. The van der Waals surface area contributed by atoms with Crippen molar-refractivity contribution in [1.82, 2.24) is 10.2 Å². The highest BCUT2D eigenvalue weighted by Gasteiger charge is 2.31. The maximum atomic E-state index is 12.5. The SMILES string of the molecule is CCNCc1cc2c(cc1OC)C(C)N(C(=O)OC(C)(C)C)CC2. The van der Waals surface area contributed by atoms with Crippen LogP contribution in [0.5, 0.6) is 5.75 Å². The van der Waals surface area contributed by atoms with E-state index in [2.05, 4.69) is 24.4 Å². The van der Waals surface area contributed by atoms with E-state index in [1.165, 1.54) is 5.56 Å². The molecule has 24 heavy (non-hydrogen) atoms. The van der Waals surface area contributed by atoms with Crippen LogP contribution >= 0.6 is 0 Å². The molecule has 1 unspecified atom stereocenters. The molecule has 0 aromatic heterocycles. The molecule has 5 heteroatoms. The van der Waals surface area contributed by atoms with Crippen LogP contribution in [0.25, 0.3) is 0 Å². The minimum atomic E-state index is -0.482. The third-order valence-electron chi connectivity index (χ3n) is 4.28. The molecule has 1 amide bonds. The molecule has 1 aliphatic rings. The van der Waals surface area contributed by atoms with Crippen molar-refractivity contribution >= 4 is 6.09 Å². The minimum Gasteiger partial charge on any atom is -0.496 e. The summed E-state index contributed by atoms with van der Waals surface area (Å²) in [6.07, 6.45) is 0.582. The number of carbonyl (C=O) groups is 1. The number of fused-ring (bicyclic) bond motifs is 1. The Morgan fingerprint density at radius 2 is 2.08 bits per heavy atom. The van der Waals surface area contributed by atoms with E-state index in [0.717, 1.165) is 36.4 Å². The molecule has 0 bridgehead atoms. The largest absolute Gasteiger partial charge is 0.496 e. The summed E-state index contributed by atoms with van der Waals surface area (Å²) < 4.78 is 11.1. The van der Waals surface area contributed by atoms with Crippen LogP contribution in [0.3, 0.4) is 0 Å². The van der Waals surface area contributed by atoms with E-state index in [-0.39, 0.29) is 12.1 Å². The molecule has 1 atom stereocenters. The van der Waals surface area contributed by atoms with Crippen LogP contribution in [0.1, 0.15) is 57.4 Å². The van der Waals surface area contributed by atoms with Gasteiger partial charge in [0, 0.05) is 18.7 Å². The zero-order valence-corrected chi connectivity index (χ0v) is 15.7. The van der Waals surface area contributed by atoms with Crippen molar-refractivity contribution in [2.45, 2.75) is 59.2 Å². The van der Waals surface area contributed by atoms with Crippen LogP contribution in [0, 0.1) is 0 Å². The van der Waals surface area contributed by atoms with Gasteiger partial charge in [0.1, 0.15) is 11.4 Å². The topological polar surface area (TPSA) is 50.8 Å². The highest BCUT2D eigenvalue weighted by Crippen LogP contribution is 2.35. The van der Waals surface area contributed by atoms with E-state index in [9.17, 15) is 4.79 Å². The molecular formula is C19H30N2O3. The van der Waals surface area contributed by atoms with Crippen molar-refractivity contribution in [3.63, 3.8) is 0 Å². The average Bonchev–Trinajstić information content (AvgIpc) is 2.50. The fourth-order valence-corrected chi connectivity index (χ4v) is 3.06. The van der Waals surface area contributed by atoms with Gasteiger partial charge in [-0.05, 0) is 57.9 Å². The minimum absolute atomic E-state index is 0.0225. The first-order chi connectivity index (χ1) is 11.3. The molecule has 1 heterocycles. The zero-order valence-electron chi connectivity index (χ0n) is 15.7. The number of nitrogens with zero attached hydrogens (tertiary/aromatic N) is 1. The second-order valence-electron chi connectivity index (χ2n) is 7.24. The number of methoxy groups -OCH3 is 1. The van der Waals surface area contributed by atoms with Gasteiger partial charge in [0.25, 0.3) is 0 Å². The van der Waals surface area contributed by atoms with E-state index in [0.29, 0.717) is 6.54 Å². The van der Waals surface area contributed by atoms with Crippen LogP contribution < -0.4 is 10.1 Å². The Morgan fingerprint density at radius 1 is 1.38 bits per heavy atom. The van der Waals surface area contributed by atoms with Crippen molar-refractivity contribution < 1.29 is 14.3 Å².